The zero-order valence-electron chi connectivity index (χ0n) is 13.2. The number of halogens is 5. The molecule has 0 fully saturated rings. The lowest BCUT2D eigenvalue weighted by molar-refractivity contribution is -0.137. The second-order valence-electron chi connectivity index (χ2n) is 5.18. The van der Waals surface area contributed by atoms with E-state index in [1.54, 1.807) is 12.3 Å². The topological polar surface area (TPSA) is 38.4 Å². The molecule has 1 rings (SSSR count). The van der Waals surface area contributed by atoms with Crippen LogP contribution in [0.5, 0.6) is 0 Å². The third-order valence-corrected chi connectivity index (χ3v) is 3.16. The summed E-state index contributed by atoms with van der Waals surface area (Å²) in [6.45, 7) is 2.88. The predicted octanol–water partition coefficient (Wildman–Crippen LogP) is 5.07. The van der Waals surface area contributed by atoms with Gasteiger partial charge in [0.25, 0.3) is 0 Å². The van der Waals surface area contributed by atoms with Crippen molar-refractivity contribution in [2.45, 2.75) is 51.2 Å². The normalized spacial score (nSPS) is 12.6. The number of aliphatic imine (C=N–C) groups is 1. The molecule has 0 aliphatic carbocycles. The Hall–Kier alpha value is -0.780. The largest absolute Gasteiger partial charge is 0.416 e. The van der Waals surface area contributed by atoms with Crippen molar-refractivity contribution in [1.29, 1.82) is 0 Å². The van der Waals surface area contributed by atoms with Crippen LogP contribution in [0.25, 0.3) is 0 Å². The van der Waals surface area contributed by atoms with Crippen molar-refractivity contribution in [3.63, 3.8) is 0 Å². The number of benzene rings is 1. The van der Waals surface area contributed by atoms with Crippen molar-refractivity contribution in [3.8, 4) is 0 Å². The van der Waals surface area contributed by atoms with E-state index in [4.69, 9.17) is 5.73 Å². The van der Waals surface area contributed by atoms with E-state index in [1.165, 1.54) is 18.9 Å². The number of unbranched alkanes of at least 4 members (excludes halogenated alkanes) is 3. The Kier molecular flexibility index (Phi) is 13.4. The number of hydrogen-bond donors (Lipinski definition) is 1. The quantitative estimate of drug-likeness (QED) is 0.501. The molecular weight excluding hydrogens is 348 g/mol. The highest BCUT2D eigenvalue weighted by Crippen LogP contribution is 2.29. The maximum absolute atomic E-state index is 12.6. The van der Waals surface area contributed by atoms with E-state index in [0.29, 0.717) is 12.0 Å². The van der Waals surface area contributed by atoms with Gasteiger partial charge in [-0.25, -0.2) is 0 Å². The molecule has 2 N–H and O–H groups in total. The van der Waals surface area contributed by atoms with Crippen LogP contribution in [0.4, 0.5) is 13.2 Å². The molecular formula is C16H25Cl2F3N2. The minimum atomic E-state index is -4.31. The van der Waals surface area contributed by atoms with Crippen molar-refractivity contribution >= 4 is 31.0 Å². The molecule has 2 nitrogen and oxygen atoms in total. The Labute approximate surface area is 148 Å². The lowest BCUT2D eigenvalue weighted by atomic mass is 10.0. The third-order valence-electron chi connectivity index (χ3n) is 3.16. The van der Waals surface area contributed by atoms with Crippen molar-refractivity contribution in [2.24, 2.45) is 10.7 Å². The molecule has 0 aliphatic rings. The average Bonchev–Trinajstić information content (AvgIpc) is 2.42. The predicted molar refractivity (Wildman–Crippen MR) is 95.1 cm³/mol. The van der Waals surface area contributed by atoms with Gasteiger partial charge in [0.05, 0.1) is 5.56 Å². The maximum atomic E-state index is 12.6. The van der Waals surface area contributed by atoms with Gasteiger partial charge >= 0.3 is 6.18 Å². The summed E-state index contributed by atoms with van der Waals surface area (Å²) in [6, 6.07) is 4.93. The van der Waals surface area contributed by atoms with Crippen LogP contribution in [0, 0.1) is 0 Å². The molecule has 1 atom stereocenters. The van der Waals surface area contributed by atoms with Crippen LogP contribution >= 0.6 is 24.8 Å². The van der Waals surface area contributed by atoms with Gasteiger partial charge in [0.2, 0.25) is 0 Å². The van der Waals surface area contributed by atoms with Gasteiger partial charge in [0, 0.05) is 18.8 Å². The molecule has 0 saturated heterocycles. The Bertz CT molecular complexity index is 451. The van der Waals surface area contributed by atoms with Crippen molar-refractivity contribution in [1.82, 2.24) is 0 Å². The molecule has 0 saturated carbocycles. The van der Waals surface area contributed by atoms with E-state index in [2.05, 4.69) is 11.9 Å². The van der Waals surface area contributed by atoms with Gasteiger partial charge in [-0.1, -0.05) is 44.4 Å². The number of alkyl halides is 3. The fourth-order valence-corrected chi connectivity index (χ4v) is 2.04. The molecule has 0 radical (unpaired) electrons. The number of hydrogen-bond acceptors (Lipinski definition) is 2. The molecule has 0 aliphatic heterocycles. The molecule has 134 valence electrons. The first-order valence-electron chi connectivity index (χ1n) is 7.35. The minimum absolute atomic E-state index is 0. The monoisotopic (exact) mass is 372 g/mol. The lowest BCUT2D eigenvalue weighted by Gasteiger charge is -2.10. The van der Waals surface area contributed by atoms with E-state index in [9.17, 15) is 13.2 Å². The van der Waals surface area contributed by atoms with Gasteiger partial charge in [-0.3, -0.25) is 4.99 Å². The Morgan fingerprint density at radius 1 is 1.17 bits per heavy atom. The number of nitrogens with zero attached hydrogens (tertiary/aromatic N) is 1. The summed E-state index contributed by atoms with van der Waals surface area (Å²) in [7, 11) is 0. The summed E-state index contributed by atoms with van der Waals surface area (Å²) in [5.41, 5.74) is 5.82. The van der Waals surface area contributed by atoms with E-state index < -0.39 is 11.7 Å². The molecule has 1 unspecified atom stereocenters. The van der Waals surface area contributed by atoms with E-state index >= 15 is 0 Å². The molecule has 1 aromatic carbocycles. The van der Waals surface area contributed by atoms with Gasteiger partial charge in [0.1, 0.15) is 0 Å². The van der Waals surface area contributed by atoms with Crippen molar-refractivity contribution in [2.75, 3.05) is 6.54 Å². The first-order chi connectivity index (χ1) is 9.93. The standard InChI is InChI=1S/C16H23F3N2.2ClH/c1-2-3-4-5-9-21-12-15(20)11-13-7-6-8-14(10-13)16(17,18)19;;/h6-8,10,12,15H,2-5,9,11,20H2,1H3;2*1H. The van der Waals surface area contributed by atoms with Crippen LogP contribution in [0.15, 0.2) is 29.3 Å². The highest BCUT2D eigenvalue weighted by molar-refractivity contribution is 5.85. The summed E-state index contributed by atoms with van der Waals surface area (Å²) >= 11 is 0. The SMILES string of the molecule is CCCCCCN=CC(N)Cc1cccc(C(F)(F)F)c1.Cl.Cl. The van der Waals surface area contributed by atoms with Crippen LogP contribution in [-0.4, -0.2) is 18.8 Å². The highest BCUT2D eigenvalue weighted by atomic mass is 35.5. The van der Waals surface area contributed by atoms with Crippen LogP contribution in [-0.2, 0) is 12.6 Å². The Morgan fingerprint density at radius 3 is 2.48 bits per heavy atom. The van der Waals surface area contributed by atoms with Gasteiger partial charge in [-0.2, -0.15) is 13.2 Å². The average molecular weight is 373 g/mol. The Balaban J connectivity index is 0. The second-order valence-corrected chi connectivity index (χ2v) is 5.18. The molecule has 1 aromatic rings. The molecule has 0 spiro atoms. The molecule has 23 heavy (non-hydrogen) atoms. The van der Waals surface area contributed by atoms with E-state index in [1.807, 2.05) is 0 Å². The van der Waals surface area contributed by atoms with Gasteiger partial charge in [-0.05, 0) is 24.5 Å². The van der Waals surface area contributed by atoms with Crippen LogP contribution < -0.4 is 5.73 Å². The summed E-state index contributed by atoms with van der Waals surface area (Å²) in [5, 5.41) is 0. The van der Waals surface area contributed by atoms with Crippen LogP contribution in [0.1, 0.15) is 43.7 Å². The van der Waals surface area contributed by atoms with Crippen LogP contribution in [0.2, 0.25) is 0 Å². The third kappa shape index (κ3) is 10.6. The highest BCUT2D eigenvalue weighted by Gasteiger charge is 2.30. The maximum Gasteiger partial charge on any atom is 0.416 e. The van der Waals surface area contributed by atoms with Gasteiger partial charge < -0.3 is 5.73 Å². The fourth-order valence-electron chi connectivity index (χ4n) is 2.04. The second kappa shape index (κ2) is 12.6. The zero-order valence-corrected chi connectivity index (χ0v) is 14.8. The Morgan fingerprint density at radius 2 is 1.87 bits per heavy atom. The number of rotatable bonds is 8. The van der Waals surface area contributed by atoms with Gasteiger partial charge in [0.15, 0.2) is 0 Å². The molecule has 0 amide bonds. The van der Waals surface area contributed by atoms with E-state index in [-0.39, 0.29) is 30.9 Å². The van der Waals surface area contributed by atoms with E-state index in [0.717, 1.165) is 31.5 Å². The van der Waals surface area contributed by atoms with Crippen molar-refractivity contribution in [3.05, 3.63) is 35.4 Å². The van der Waals surface area contributed by atoms with Crippen LogP contribution in [0.3, 0.4) is 0 Å². The number of nitrogens with two attached hydrogens (primary N) is 1. The zero-order chi connectivity index (χ0) is 15.7. The summed E-state index contributed by atoms with van der Waals surface area (Å²) in [4.78, 5) is 4.24. The summed E-state index contributed by atoms with van der Waals surface area (Å²) < 4.78 is 37.8. The lowest BCUT2D eigenvalue weighted by Crippen LogP contribution is -2.24. The first kappa shape index (κ1) is 24.5. The molecule has 7 heteroatoms. The summed E-state index contributed by atoms with van der Waals surface area (Å²) in [6.07, 6.45) is 2.25. The molecule has 0 bridgehead atoms. The summed E-state index contributed by atoms with van der Waals surface area (Å²) in [5.74, 6) is 0. The van der Waals surface area contributed by atoms with Gasteiger partial charge in [-0.15, -0.1) is 24.8 Å². The molecule has 0 heterocycles. The van der Waals surface area contributed by atoms with Crippen molar-refractivity contribution < 1.29 is 13.2 Å². The molecule has 0 aromatic heterocycles. The smallest absolute Gasteiger partial charge is 0.323 e. The fraction of sp³-hybridized carbons (Fsp3) is 0.562. The first-order valence-corrected chi connectivity index (χ1v) is 7.35. The minimum Gasteiger partial charge on any atom is -0.323 e.